The third kappa shape index (κ3) is 5.61. The van der Waals surface area contributed by atoms with Crippen LogP contribution in [0.2, 0.25) is 0 Å². The minimum atomic E-state index is -3.47. The molecule has 0 spiro atoms. The van der Waals surface area contributed by atoms with Crippen LogP contribution in [-0.2, 0) is 10.0 Å². The van der Waals surface area contributed by atoms with Gasteiger partial charge in [0.05, 0.1) is 11.5 Å². The van der Waals surface area contributed by atoms with Crippen LogP contribution in [0.15, 0.2) is 29.2 Å². The van der Waals surface area contributed by atoms with Crippen molar-refractivity contribution in [3.05, 3.63) is 24.3 Å². The molecule has 0 bridgehead atoms. The topological polar surface area (TPSA) is 55.4 Å². The molecule has 1 N–H and O–H groups in total. The number of ether oxygens (including phenoxy) is 1. The summed E-state index contributed by atoms with van der Waals surface area (Å²) in [7, 11) is -3.47. The summed E-state index contributed by atoms with van der Waals surface area (Å²) in [6.45, 7) is 10.2. The molecule has 0 heterocycles. The van der Waals surface area contributed by atoms with Gasteiger partial charge in [-0.25, -0.2) is 13.1 Å². The zero-order valence-corrected chi connectivity index (χ0v) is 13.0. The number of nitrogens with one attached hydrogen (secondary N) is 1. The molecule has 19 heavy (non-hydrogen) atoms. The number of sulfonamides is 1. The maximum Gasteiger partial charge on any atom is 0.241 e. The van der Waals surface area contributed by atoms with Gasteiger partial charge in [-0.2, -0.15) is 0 Å². The minimum absolute atomic E-state index is 0.249. The molecule has 1 aromatic carbocycles. The van der Waals surface area contributed by atoms with Gasteiger partial charge in [-0.15, -0.1) is 0 Å². The van der Waals surface area contributed by atoms with Gasteiger partial charge in [-0.3, -0.25) is 0 Å². The molecule has 0 aliphatic heterocycles. The molecular formula is C14H23NO3S. The monoisotopic (exact) mass is 285 g/mol. The Labute approximate surface area is 116 Å². The number of rotatable bonds is 5. The Morgan fingerprint density at radius 1 is 1.16 bits per heavy atom. The third-order valence-corrected chi connectivity index (χ3v) is 3.93. The molecule has 1 rings (SSSR count). The third-order valence-electron chi connectivity index (χ3n) is 2.16. The predicted molar refractivity (Wildman–Crippen MR) is 76.8 cm³/mol. The fraction of sp³-hybridized carbons (Fsp3) is 0.571. The van der Waals surface area contributed by atoms with Crippen LogP contribution in [0, 0.1) is 5.92 Å². The Kier molecular flexibility index (Phi) is 4.98. The first kappa shape index (κ1) is 16.0. The van der Waals surface area contributed by atoms with E-state index in [9.17, 15) is 8.42 Å². The van der Waals surface area contributed by atoms with Crippen LogP contribution in [0.4, 0.5) is 0 Å². The molecule has 4 nitrogen and oxygen atoms in total. The van der Waals surface area contributed by atoms with E-state index in [-0.39, 0.29) is 4.90 Å². The van der Waals surface area contributed by atoms with Crippen molar-refractivity contribution in [1.82, 2.24) is 4.72 Å². The Hall–Kier alpha value is -1.07. The van der Waals surface area contributed by atoms with Gasteiger partial charge in [0.15, 0.2) is 0 Å². The average Bonchev–Trinajstić information content (AvgIpc) is 2.23. The van der Waals surface area contributed by atoms with Crippen molar-refractivity contribution >= 4 is 10.0 Å². The van der Waals surface area contributed by atoms with Crippen LogP contribution >= 0.6 is 0 Å². The highest BCUT2D eigenvalue weighted by atomic mass is 32.2. The zero-order chi connectivity index (χ0) is 14.7. The van der Waals surface area contributed by atoms with Crippen LogP contribution in [0.25, 0.3) is 0 Å². The second kappa shape index (κ2) is 5.92. The highest BCUT2D eigenvalue weighted by molar-refractivity contribution is 7.89. The van der Waals surface area contributed by atoms with Crippen molar-refractivity contribution in [2.75, 3.05) is 6.61 Å². The molecule has 108 valence electrons. The van der Waals surface area contributed by atoms with Crippen molar-refractivity contribution in [2.24, 2.45) is 5.92 Å². The lowest BCUT2D eigenvalue weighted by molar-refractivity contribution is 0.271. The van der Waals surface area contributed by atoms with Gasteiger partial charge in [0.2, 0.25) is 10.0 Å². The fourth-order valence-electron chi connectivity index (χ4n) is 1.44. The molecule has 0 unspecified atom stereocenters. The number of hydrogen-bond acceptors (Lipinski definition) is 3. The molecule has 0 saturated carbocycles. The second-order valence-electron chi connectivity index (χ2n) is 6.03. The molecule has 0 radical (unpaired) electrons. The van der Waals surface area contributed by atoms with Crippen LogP contribution in [0.3, 0.4) is 0 Å². The fourth-order valence-corrected chi connectivity index (χ4v) is 2.86. The lowest BCUT2D eigenvalue weighted by Gasteiger charge is -2.20. The molecule has 0 amide bonds. The molecule has 1 aromatic rings. The van der Waals surface area contributed by atoms with Crippen LogP contribution in [0.5, 0.6) is 5.75 Å². The lowest BCUT2D eigenvalue weighted by atomic mass is 10.1. The molecule has 0 fully saturated rings. The van der Waals surface area contributed by atoms with E-state index in [1.807, 2.05) is 20.8 Å². The normalized spacial score (nSPS) is 12.7. The van der Waals surface area contributed by atoms with E-state index in [2.05, 4.69) is 18.6 Å². The molecule has 0 saturated heterocycles. The van der Waals surface area contributed by atoms with Gasteiger partial charge in [0.1, 0.15) is 5.75 Å². The predicted octanol–water partition coefficient (Wildman–Crippen LogP) is 2.80. The Balaban J connectivity index is 2.81. The molecule has 0 aliphatic carbocycles. The van der Waals surface area contributed by atoms with Crippen molar-refractivity contribution in [3.63, 3.8) is 0 Å². The van der Waals surface area contributed by atoms with Gasteiger partial charge in [-0.05, 0) is 51.0 Å². The maximum atomic E-state index is 12.1. The number of hydrogen-bond donors (Lipinski definition) is 1. The molecule has 0 aliphatic rings. The van der Waals surface area contributed by atoms with Gasteiger partial charge < -0.3 is 4.74 Å². The van der Waals surface area contributed by atoms with E-state index in [0.717, 1.165) is 0 Å². The Morgan fingerprint density at radius 3 is 2.11 bits per heavy atom. The summed E-state index contributed by atoms with van der Waals surface area (Å²) in [4.78, 5) is 0.249. The van der Waals surface area contributed by atoms with Crippen LogP contribution in [0.1, 0.15) is 34.6 Å². The molecule has 0 aromatic heterocycles. The largest absolute Gasteiger partial charge is 0.493 e. The van der Waals surface area contributed by atoms with Gasteiger partial charge in [0.25, 0.3) is 0 Å². The highest BCUT2D eigenvalue weighted by Crippen LogP contribution is 2.18. The van der Waals surface area contributed by atoms with Crippen LogP contribution in [-0.4, -0.2) is 20.6 Å². The van der Waals surface area contributed by atoms with Crippen molar-refractivity contribution in [2.45, 2.75) is 45.1 Å². The Bertz CT molecular complexity index is 498. The first-order chi connectivity index (χ1) is 8.60. The lowest BCUT2D eigenvalue weighted by Crippen LogP contribution is -2.40. The van der Waals surface area contributed by atoms with Gasteiger partial charge >= 0.3 is 0 Å². The van der Waals surface area contributed by atoms with E-state index in [1.165, 1.54) is 0 Å². The molecule has 0 atom stereocenters. The first-order valence-corrected chi connectivity index (χ1v) is 7.85. The standard InChI is InChI=1S/C14H23NO3S/c1-11(2)10-18-12-6-8-13(9-7-12)19(16,17)15-14(3,4)5/h6-9,11,15H,10H2,1-5H3. The summed E-state index contributed by atoms with van der Waals surface area (Å²) in [5, 5.41) is 0. The van der Waals surface area contributed by atoms with Gasteiger partial charge in [0, 0.05) is 5.54 Å². The number of benzene rings is 1. The van der Waals surface area contributed by atoms with Crippen molar-refractivity contribution in [1.29, 1.82) is 0 Å². The van der Waals surface area contributed by atoms with Crippen LogP contribution < -0.4 is 9.46 Å². The maximum absolute atomic E-state index is 12.1. The van der Waals surface area contributed by atoms with E-state index in [0.29, 0.717) is 18.3 Å². The summed E-state index contributed by atoms with van der Waals surface area (Å²) in [5.74, 6) is 1.12. The highest BCUT2D eigenvalue weighted by Gasteiger charge is 2.21. The van der Waals surface area contributed by atoms with Crippen molar-refractivity contribution < 1.29 is 13.2 Å². The van der Waals surface area contributed by atoms with E-state index >= 15 is 0 Å². The van der Waals surface area contributed by atoms with E-state index in [1.54, 1.807) is 24.3 Å². The van der Waals surface area contributed by atoms with E-state index in [4.69, 9.17) is 4.74 Å². The first-order valence-electron chi connectivity index (χ1n) is 6.37. The zero-order valence-electron chi connectivity index (χ0n) is 12.2. The summed E-state index contributed by atoms with van der Waals surface area (Å²) < 4.78 is 32.3. The minimum Gasteiger partial charge on any atom is -0.493 e. The van der Waals surface area contributed by atoms with Crippen molar-refractivity contribution in [3.8, 4) is 5.75 Å². The summed E-state index contributed by atoms with van der Waals surface area (Å²) in [6.07, 6.45) is 0. The molecule has 5 heteroatoms. The SMILES string of the molecule is CC(C)COc1ccc(S(=O)(=O)NC(C)(C)C)cc1. The Morgan fingerprint density at radius 2 is 1.68 bits per heavy atom. The average molecular weight is 285 g/mol. The molecular weight excluding hydrogens is 262 g/mol. The second-order valence-corrected chi connectivity index (χ2v) is 7.71. The quantitative estimate of drug-likeness (QED) is 0.905. The summed E-state index contributed by atoms with van der Waals surface area (Å²) in [5.41, 5.74) is -0.494. The summed E-state index contributed by atoms with van der Waals surface area (Å²) in [6, 6.07) is 6.48. The van der Waals surface area contributed by atoms with E-state index < -0.39 is 15.6 Å². The van der Waals surface area contributed by atoms with Gasteiger partial charge in [-0.1, -0.05) is 13.8 Å². The summed E-state index contributed by atoms with van der Waals surface area (Å²) >= 11 is 0. The smallest absolute Gasteiger partial charge is 0.241 e.